The van der Waals surface area contributed by atoms with Gasteiger partial charge in [-0.25, -0.2) is 0 Å². The minimum Gasteiger partial charge on any atom is -0.496 e. The van der Waals surface area contributed by atoms with Crippen LogP contribution in [0.3, 0.4) is 0 Å². The molecule has 1 atom stereocenters. The van der Waals surface area contributed by atoms with Crippen LogP contribution in [-0.2, 0) is 0 Å². The van der Waals surface area contributed by atoms with Gasteiger partial charge in [0.2, 0.25) is 11.8 Å². The number of aromatic nitrogens is 2. The van der Waals surface area contributed by atoms with Crippen LogP contribution < -0.4 is 14.2 Å². The molecule has 1 aliphatic heterocycles. The molecule has 1 aromatic carbocycles. The Kier molecular flexibility index (Phi) is 5.23. The first-order valence-corrected chi connectivity index (χ1v) is 8.14. The Morgan fingerprint density at radius 2 is 2.04 bits per heavy atom. The van der Waals surface area contributed by atoms with Gasteiger partial charge < -0.3 is 19.1 Å². The minimum absolute atomic E-state index is 0.137. The largest absolute Gasteiger partial charge is 0.496 e. The normalized spacial score (nSPS) is 16.6. The van der Waals surface area contributed by atoms with Crippen molar-refractivity contribution in [1.29, 1.82) is 0 Å². The van der Waals surface area contributed by atoms with Crippen LogP contribution in [0, 0.1) is 0 Å². The van der Waals surface area contributed by atoms with Crippen molar-refractivity contribution in [2.45, 2.75) is 12.5 Å². The lowest BCUT2D eigenvalue weighted by molar-refractivity contribution is 0.0767. The molecule has 25 heavy (non-hydrogen) atoms. The van der Waals surface area contributed by atoms with E-state index in [1.807, 2.05) is 0 Å². The second kappa shape index (κ2) is 7.57. The van der Waals surface area contributed by atoms with Gasteiger partial charge >= 0.3 is 0 Å². The molecule has 0 unspecified atom stereocenters. The van der Waals surface area contributed by atoms with Crippen molar-refractivity contribution in [2.75, 3.05) is 27.3 Å². The summed E-state index contributed by atoms with van der Waals surface area (Å²) in [7, 11) is 3.04. The maximum absolute atomic E-state index is 12.8. The highest BCUT2D eigenvalue weighted by Crippen LogP contribution is 2.26. The summed E-state index contributed by atoms with van der Waals surface area (Å²) in [5.41, 5.74) is 0.442. The second-order valence-electron chi connectivity index (χ2n) is 5.52. The fourth-order valence-electron chi connectivity index (χ4n) is 2.68. The molecule has 2 aromatic rings. The van der Waals surface area contributed by atoms with Gasteiger partial charge in [-0.05, 0) is 18.2 Å². The van der Waals surface area contributed by atoms with Crippen LogP contribution in [-0.4, -0.2) is 54.2 Å². The topological polar surface area (TPSA) is 73.8 Å². The molecular formula is C17H18ClN3O4. The first-order valence-electron chi connectivity index (χ1n) is 7.76. The van der Waals surface area contributed by atoms with E-state index in [1.165, 1.54) is 26.6 Å². The number of halogens is 1. The maximum Gasteiger partial charge on any atom is 0.257 e. The lowest BCUT2D eigenvalue weighted by Crippen LogP contribution is -2.31. The summed E-state index contributed by atoms with van der Waals surface area (Å²) in [6, 6.07) is 4.99. The fraction of sp³-hybridized carbons (Fsp3) is 0.353. The lowest BCUT2D eigenvalue weighted by atomic mass is 10.1. The quantitative estimate of drug-likeness (QED) is 0.812. The number of hydrogen-bond donors (Lipinski definition) is 0. The van der Waals surface area contributed by atoms with E-state index in [9.17, 15) is 4.79 Å². The summed E-state index contributed by atoms with van der Waals surface area (Å²) >= 11 is 6.01. The Balaban J connectivity index is 1.68. The van der Waals surface area contributed by atoms with Crippen LogP contribution in [0.25, 0.3) is 0 Å². The third-order valence-corrected chi connectivity index (χ3v) is 4.15. The number of benzene rings is 1. The van der Waals surface area contributed by atoms with Crippen molar-refractivity contribution in [2.24, 2.45) is 0 Å². The molecule has 0 spiro atoms. The summed E-state index contributed by atoms with van der Waals surface area (Å²) in [6.07, 6.45) is 3.57. The Hall–Kier alpha value is -2.54. The monoisotopic (exact) mass is 363 g/mol. The second-order valence-corrected chi connectivity index (χ2v) is 5.96. The predicted molar refractivity (Wildman–Crippen MR) is 91.5 cm³/mol. The van der Waals surface area contributed by atoms with Gasteiger partial charge in [0.25, 0.3) is 5.91 Å². The van der Waals surface area contributed by atoms with Crippen LogP contribution in [0.15, 0.2) is 30.6 Å². The highest BCUT2D eigenvalue weighted by molar-refractivity contribution is 6.31. The molecular weight excluding hydrogens is 346 g/mol. The fourth-order valence-corrected chi connectivity index (χ4v) is 2.86. The van der Waals surface area contributed by atoms with Crippen LogP contribution >= 0.6 is 11.6 Å². The summed E-state index contributed by atoms with van der Waals surface area (Å²) in [5.74, 6) is 1.12. The maximum atomic E-state index is 12.8. The highest BCUT2D eigenvalue weighted by atomic mass is 35.5. The number of methoxy groups -OCH3 is 2. The Morgan fingerprint density at radius 3 is 2.80 bits per heavy atom. The van der Waals surface area contributed by atoms with Crippen molar-refractivity contribution in [1.82, 2.24) is 14.9 Å². The molecule has 1 amide bonds. The van der Waals surface area contributed by atoms with Crippen LogP contribution in [0.5, 0.6) is 17.5 Å². The Labute approximate surface area is 150 Å². The molecule has 0 bridgehead atoms. The van der Waals surface area contributed by atoms with E-state index in [2.05, 4.69) is 9.97 Å². The van der Waals surface area contributed by atoms with Gasteiger partial charge in [0.15, 0.2) is 0 Å². The van der Waals surface area contributed by atoms with Gasteiger partial charge in [0, 0.05) is 18.0 Å². The molecule has 0 saturated carbocycles. The Bertz CT molecular complexity index is 771. The number of carbonyl (C=O) groups is 1. The van der Waals surface area contributed by atoms with Gasteiger partial charge in [0.05, 0.1) is 38.7 Å². The standard InChI is InChI=1S/C17H18ClN3O4/c1-23-14-4-3-11(18)7-13(14)17(22)21-6-5-12(10-21)25-16-9-19-8-15(20-16)24-2/h3-4,7-9,12H,5-6,10H2,1-2H3/t12-/m1/s1. The number of likely N-dealkylation sites (tertiary alicyclic amines) is 1. The summed E-state index contributed by atoms with van der Waals surface area (Å²) in [6.45, 7) is 1.03. The number of ether oxygens (including phenoxy) is 3. The van der Waals surface area contributed by atoms with E-state index in [4.69, 9.17) is 25.8 Å². The summed E-state index contributed by atoms with van der Waals surface area (Å²) in [4.78, 5) is 22.7. The van der Waals surface area contributed by atoms with Crippen molar-refractivity contribution in [3.63, 3.8) is 0 Å². The number of rotatable bonds is 5. The highest BCUT2D eigenvalue weighted by Gasteiger charge is 2.30. The zero-order chi connectivity index (χ0) is 17.8. The van der Waals surface area contributed by atoms with Gasteiger partial charge in [-0.2, -0.15) is 4.98 Å². The van der Waals surface area contributed by atoms with E-state index in [1.54, 1.807) is 23.1 Å². The zero-order valence-corrected chi connectivity index (χ0v) is 14.7. The predicted octanol–water partition coefficient (Wildman–Crippen LogP) is 2.44. The van der Waals surface area contributed by atoms with Crippen molar-refractivity contribution in [3.8, 4) is 17.5 Å². The molecule has 7 nitrogen and oxygen atoms in total. The van der Waals surface area contributed by atoms with E-state index >= 15 is 0 Å². The van der Waals surface area contributed by atoms with Crippen LogP contribution in [0.4, 0.5) is 0 Å². The van der Waals surface area contributed by atoms with E-state index < -0.39 is 0 Å². The number of carbonyl (C=O) groups excluding carboxylic acids is 1. The van der Waals surface area contributed by atoms with E-state index in [0.717, 1.165) is 0 Å². The Morgan fingerprint density at radius 1 is 1.24 bits per heavy atom. The minimum atomic E-state index is -0.157. The molecule has 1 saturated heterocycles. The first-order chi connectivity index (χ1) is 12.1. The summed E-state index contributed by atoms with van der Waals surface area (Å²) < 4.78 is 16.1. The molecule has 1 aromatic heterocycles. The molecule has 132 valence electrons. The van der Waals surface area contributed by atoms with Crippen molar-refractivity contribution < 1.29 is 19.0 Å². The van der Waals surface area contributed by atoms with Crippen LogP contribution in [0.1, 0.15) is 16.8 Å². The van der Waals surface area contributed by atoms with Gasteiger partial charge in [-0.1, -0.05) is 11.6 Å². The van der Waals surface area contributed by atoms with E-state index in [0.29, 0.717) is 47.6 Å². The third kappa shape index (κ3) is 3.93. The molecule has 3 rings (SSSR count). The third-order valence-electron chi connectivity index (χ3n) is 3.91. The number of amides is 1. The molecule has 8 heteroatoms. The number of nitrogens with zero attached hydrogens (tertiary/aromatic N) is 3. The zero-order valence-electron chi connectivity index (χ0n) is 13.9. The van der Waals surface area contributed by atoms with Gasteiger partial charge in [-0.15, -0.1) is 0 Å². The van der Waals surface area contributed by atoms with Crippen molar-refractivity contribution in [3.05, 3.63) is 41.2 Å². The smallest absolute Gasteiger partial charge is 0.257 e. The molecule has 0 N–H and O–H groups in total. The first kappa shape index (κ1) is 17.3. The molecule has 0 aliphatic carbocycles. The molecule has 0 radical (unpaired) electrons. The average molecular weight is 364 g/mol. The molecule has 1 fully saturated rings. The van der Waals surface area contributed by atoms with Crippen LogP contribution in [0.2, 0.25) is 5.02 Å². The summed E-state index contributed by atoms with van der Waals surface area (Å²) in [5, 5.41) is 0.489. The van der Waals surface area contributed by atoms with Gasteiger partial charge in [0.1, 0.15) is 11.9 Å². The lowest BCUT2D eigenvalue weighted by Gasteiger charge is -2.18. The number of hydrogen-bond acceptors (Lipinski definition) is 6. The molecule has 2 heterocycles. The van der Waals surface area contributed by atoms with Crippen molar-refractivity contribution >= 4 is 17.5 Å². The SMILES string of the molecule is COc1cncc(O[C@@H]2CCN(C(=O)c3cc(Cl)ccc3OC)C2)n1. The molecule has 1 aliphatic rings. The van der Waals surface area contributed by atoms with E-state index in [-0.39, 0.29) is 12.0 Å². The average Bonchev–Trinajstić information content (AvgIpc) is 3.09. The van der Waals surface area contributed by atoms with Gasteiger partial charge in [-0.3, -0.25) is 9.78 Å².